The topological polar surface area (TPSA) is 92.1 Å². The van der Waals surface area contributed by atoms with E-state index in [0.717, 1.165) is 0 Å². The lowest BCUT2D eigenvalue weighted by molar-refractivity contribution is 0.589. The Kier molecular flexibility index (Phi) is 3.24. The first-order valence-corrected chi connectivity index (χ1v) is 6.86. The van der Waals surface area contributed by atoms with Crippen LogP contribution in [0.5, 0.6) is 0 Å². The van der Waals surface area contributed by atoms with E-state index in [9.17, 15) is 8.42 Å². The Bertz CT molecular complexity index is 605. The zero-order valence-corrected chi connectivity index (χ0v) is 10.7. The first kappa shape index (κ1) is 12.4. The summed E-state index contributed by atoms with van der Waals surface area (Å²) in [7, 11) is -3.60. The van der Waals surface area contributed by atoms with Crippen molar-refractivity contribution < 1.29 is 8.42 Å². The maximum absolute atomic E-state index is 12.3. The number of aromatic nitrogens is 2. The van der Waals surface area contributed by atoms with Crippen molar-refractivity contribution >= 4 is 21.4 Å². The van der Waals surface area contributed by atoms with Gasteiger partial charge in [0.2, 0.25) is 0 Å². The predicted molar refractivity (Wildman–Crippen MR) is 69.6 cm³/mol. The summed E-state index contributed by atoms with van der Waals surface area (Å²) in [6.07, 6.45) is 2.62. The number of H-pyrrole nitrogens is 1. The highest BCUT2D eigenvalue weighted by atomic mass is 32.2. The molecule has 0 aliphatic carbocycles. The lowest BCUT2D eigenvalue weighted by Gasteiger charge is -2.21. The van der Waals surface area contributed by atoms with Gasteiger partial charge in [-0.25, -0.2) is 4.98 Å². The average Bonchev–Trinajstić information content (AvgIpc) is 2.86. The first-order valence-electron chi connectivity index (χ1n) is 5.42. The van der Waals surface area contributed by atoms with Crippen molar-refractivity contribution in [1.29, 1.82) is 0 Å². The van der Waals surface area contributed by atoms with Gasteiger partial charge in [0.1, 0.15) is 0 Å². The molecule has 0 unspecified atom stereocenters. The SMILES string of the molecule is CCN(c1ccc(N)cc1)S(=O)(=O)c1cnc[nH]1. The number of rotatable bonds is 4. The van der Waals surface area contributed by atoms with Crippen LogP contribution in [-0.4, -0.2) is 24.9 Å². The molecule has 0 saturated heterocycles. The Balaban J connectivity index is 2.43. The Morgan fingerprint density at radius 1 is 1.33 bits per heavy atom. The summed E-state index contributed by atoms with van der Waals surface area (Å²) in [6, 6.07) is 6.68. The molecule has 1 heterocycles. The number of nitrogens with one attached hydrogen (secondary N) is 1. The van der Waals surface area contributed by atoms with Crippen molar-refractivity contribution in [2.75, 3.05) is 16.6 Å². The second-order valence-electron chi connectivity index (χ2n) is 3.68. The molecule has 0 amide bonds. The molecular weight excluding hydrogens is 252 g/mol. The Hall–Kier alpha value is -2.02. The monoisotopic (exact) mass is 266 g/mol. The summed E-state index contributed by atoms with van der Waals surface area (Å²) in [5.74, 6) is 0. The summed E-state index contributed by atoms with van der Waals surface area (Å²) < 4.78 is 26.0. The van der Waals surface area contributed by atoms with Crippen LogP contribution in [0.1, 0.15) is 6.92 Å². The molecule has 1 aromatic carbocycles. The zero-order chi connectivity index (χ0) is 13.2. The van der Waals surface area contributed by atoms with Gasteiger partial charge in [-0.2, -0.15) is 8.42 Å². The number of sulfonamides is 1. The summed E-state index contributed by atoms with van der Waals surface area (Å²) in [5.41, 5.74) is 6.75. The number of hydrogen-bond donors (Lipinski definition) is 2. The van der Waals surface area contributed by atoms with E-state index in [4.69, 9.17) is 5.73 Å². The number of anilines is 2. The fourth-order valence-electron chi connectivity index (χ4n) is 1.63. The van der Waals surface area contributed by atoms with Gasteiger partial charge in [-0.15, -0.1) is 0 Å². The molecule has 0 aliphatic heterocycles. The maximum Gasteiger partial charge on any atom is 0.281 e. The van der Waals surface area contributed by atoms with Crippen LogP contribution in [0.2, 0.25) is 0 Å². The average molecular weight is 266 g/mol. The number of hydrogen-bond acceptors (Lipinski definition) is 4. The molecular formula is C11H14N4O2S. The molecule has 0 atom stereocenters. The highest BCUT2D eigenvalue weighted by Gasteiger charge is 2.24. The Morgan fingerprint density at radius 3 is 2.50 bits per heavy atom. The van der Waals surface area contributed by atoms with E-state index < -0.39 is 10.0 Å². The molecule has 1 aromatic heterocycles. The van der Waals surface area contributed by atoms with Crippen LogP contribution in [0.4, 0.5) is 11.4 Å². The lowest BCUT2D eigenvalue weighted by Crippen LogP contribution is -2.31. The fourth-order valence-corrected chi connectivity index (χ4v) is 3.01. The third-order valence-electron chi connectivity index (χ3n) is 2.51. The van der Waals surface area contributed by atoms with Crippen molar-refractivity contribution in [3.63, 3.8) is 0 Å². The molecule has 0 fully saturated rings. The number of nitrogens with zero attached hydrogens (tertiary/aromatic N) is 2. The van der Waals surface area contributed by atoms with Crippen LogP contribution < -0.4 is 10.0 Å². The van der Waals surface area contributed by atoms with E-state index in [1.54, 1.807) is 31.2 Å². The smallest absolute Gasteiger partial charge is 0.281 e. The molecule has 0 radical (unpaired) electrons. The van der Waals surface area contributed by atoms with E-state index in [0.29, 0.717) is 17.9 Å². The van der Waals surface area contributed by atoms with Gasteiger partial charge < -0.3 is 10.7 Å². The van der Waals surface area contributed by atoms with Gasteiger partial charge in [0.05, 0.1) is 18.2 Å². The van der Waals surface area contributed by atoms with E-state index >= 15 is 0 Å². The summed E-state index contributed by atoms with van der Waals surface area (Å²) in [4.78, 5) is 6.34. The van der Waals surface area contributed by atoms with Gasteiger partial charge in [0, 0.05) is 12.2 Å². The number of aromatic amines is 1. The number of nitrogen functional groups attached to an aromatic ring is 1. The maximum atomic E-state index is 12.3. The zero-order valence-electron chi connectivity index (χ0n) is 9.87. The Labute approximate surface area is 106 Å². The largest absolute Gasteiger partial charge is 0.399 e. The number of imidazole rings is 1. The molecule has 3 N–H and O–H groups in total. The van der Waals surface area contributed by atoms with Gasteiger partial charge in [0.15, 0.2) is 5.03 Å². The highest BCUT2D eigenvalue weighted by Crippen LogP contribution is 2.22. The van der Waals surface area contributed by atoms with Gasteiger partial charge >= 0.3 is 0 Å². The minimum atomic E-state index is -3.60. The van der Waals surface area contributed by atoms with E-state index in [2.05, 4.69) is 9.97 Å². The fraction of sp³-hybridized carbons (Fsp3) is 0.182. The predicted octanol–water partition coefficient (Wildman–Crippen LogP) is 1.21. The van der Waals surface area contributed by atoms with Gasteiger partial charge in [-0.05, 0) is 31.2 Å². The van der Waals surface area contributed by atoms with Crippen molar-refractivity contribution in [3.8, 4) is 0 Å². The summed E-state index contributed by atoms with van der Waals surface area (Å²) >= 11 is 0. The van der Waals surface area contributed by atoms with E-state index in [1.165, 1.54) is 16.8 Å². The van der Waals surface area contributed by atoms with Gasteiger partial charge in [0.25, 0.3) is 10.0 Å². The van der Waals surface area contributed by atoms with Crippen molar-refractivity contribution in [2.24, 2.45) is 0 Å². The summed E-state index contributed by atoms with van der Waals surface area (Å²) in [5, 5.41) is 0.0705. The van der Waals surface area contributed by atoms with Gasteiger partial charge in [-0.1, -0.05) is 0 Å². The molecule has 2 rings (SSSR count). The van der Waals surface area contributed by atoms with Crippen molar-refractivity contribution in [2.45, 2.75) is 11.9 Å². The van der Waals surface area contributed by atoms with E-state index in [1.807, 2.05) is 0 Å². The van der Waals surface area contributed by atoms with Crippen LogP contribution >= 0.6 is 0 Å². The van der Waals surface area contributed by atoms with Crippen molar-refractivity contribution in [1.82, 2.24) is 9.97 Å². The third kappa shape index (κ3) is 2.17. The number of benzene rings is 1. The molecule has 0 spiro atoms. The Morgan fingerprint density at radius 2 is 2.00 bits per heavy atom. The molecule has 96 valence electrons. The van der Waals surface area contributed by atoms with Gasteiger partial charge in [-0.3, -0.25) is 4.31 Å². The van der Waals surface area contributed by atoms with E-state index in [-0.39, 0.29) is 5.03 Å². The standard InChI is InChI=1S/C11H14N4O2S/c1-2-15(10-5-3-9(12)4-6-10)18(16,17)11-7-13-8-14-11/h3-8H,2,12H2,1H3,(H,13,14). The summed E-state index contributed by atoms with van der Waals surface area (Å²) in [6.45, 7) is 2.09. The van der Waals surface area contributed by atoms with Crippen LogP contribution in [-0.2, 0) is 10.0 Å². The molecule has 0 bridgehead atoms. The quantitative estimate of drug-likeness (QED) is 0.813. The normalized spacial score (nSPS) is 11.4. The highest BCUT2D eigenvalue weighted by molar-refractivity contribution is 7.92. The second kappa shape index (κ2) is 4.69. The van der Waals surface area contributed by atoms with Crippen molar-refractivity contribution in [3.05, 3.63) is 36.8 Å². The molecule has 0 saturated carbocycles. The minimum Gasteiger partial charge on any atom is -0.399 e. The molecule has 7 heteroatoms. The molecule has 2 aromatic rings. The molecule has 6 nitrogen and oxygen atoms in total. The first-order chi connectivity index (χ1) is 8.55. The lowest BCUT2D eigenvalue weighted by atomic mass is 10.3. The minimum absolute atomic E-state index is 0.0705. The second-order valence-corrected chi connectivity index (χ2v) is 5.51. The van der Waals surface area contributed by atoms with Crippen LogP contribution in [0.15, 0.2) is 41.8 Å². The van der Waals surface area contributed by atoms with Crippen LogP contribution in [0.3, 0.4) is 0 Å². The molecule has 0 aliphatic rings. The number of nitrogens with two attached hydrogens (primary N) is 1. The van der Waals surface area contributed by atoms with Crippen LogP contribution in [0, 0.1) is 0 Å². The third-order valence-corrected chi connectivity index (χ3v) is 4.34. The van der Waals surface area contributed by atoms with Crippen LogP contribution in [0.25, 0.3) is 0 Å². The molecule has 18 heavy (non-hydrogen) atoms.